The van der Waals surface area contributed by atoms with Gasteiger partial charge in [-0.1, -0.05) is 115 Å². The zero-order chi connectivity index (χ0) is 45.3. The van der Waals surface area contributed by atoms with Crippen LogP contribution in [-0.2, 0) is 0 Å². The van der Waals surface area contributed by atoms with Gasteiger partial charge in [-0.05, 0) is 89.8 Å². The first-order valence-corrected chi connectivity index (χ1v) is 24.5. The lowest BCUT2D eigenvalue weighted by atomic mass is 9.35. The molecule has 5 aromatic heterocycles. The molecule has 0 radical (unpaired) electrons. The number of thiophene rings is 1. The maximum atomic E-state index is 6.79. The number of ether oxygens (including phenoxy) is 2. The fraction of sp³-hybridized carbons (Fsp3) is 0. The molecule has 0 N–H and O–H groups in total. The molecule has 324 valence electrons. The second-order valence-corrected chi connectivity index (χ2v) is 19.7. The highest BCUT2D eigenvalue weighted by atomic mass is 32.1. The highest BCUT2D eigenvalue weighted by molar-refractivity contribution is 7.26. The number of hydrogen-bond donors (Lipinski definition) is 0. The minimum atomic E-state index is 0.0116. The average Bonchev–Trinajstić information content (AvgIpc) is 4.22. The van der Waals surface area contributed by atoms with Crippen molar-refractivity contribution in [2.75, 3.05) is 0 Å². The highest BCUT2D eigenvalue weighted by Gasteiger charge is 2.40. The molecule has 2 aliphatic rings. The molecular weight excluding hydrogens is 878 g/mol. The van der Waals surface area contributed by atoms with Crippen molar-refractivity contribution in [2.24, 2.45) is 0 Å². The van der Waals surface area contributed by atoms with Crippen molar-refractivity contribution in [1.29, 1.82) is 0 Å². The highest BCUT2D eigenvalue weighted by Crippen LogP contribution is 2.44. The van der Waals surface area contributed by atoms with E-state index in [-0.39, 0.29) is 6.71 Å². The summed E-state index contributed by atoms with van der Waals surface area (Å²) < 4.78 is 25.6. The monoisotopic (exact) mass is 911 g/mol. The molecule has 17 rings (SSSR count). The molecule has 0 saturated carbocycles. The maximum absolute atomic E-state index is 6.79. The lowest BCUT2D eigenvalue weighted by Crippen LogP contribution is -2.57. The fourth-order valence-corrected chi connectivity index (χ4v) is 13.4. The predicted octanol–water partition coefficient (Wildman–Crippen LogP) is 13.7. The predicted molar refractivity (Wildman–Crippen MR) is 289 cm³/mol. The first-order valence-electron chi connectivity index (χ1n) is 23.7. The van der Waals surface area contributed by atoms with Crippen LogP contribution in [0.3, 0.4) is 0 Å². The van der Waals surface area contributed by atoms with Gasteiger partial charge in [-0.15, -0.1) is 11.3 Å². The number of imidazole rings is 2. The van der Waals surface area contributed by atoms with E-state index < -0.39 is 0 Å². The Bertz CT molecular complexity index is 4750. The van der Waals surface area contributed by atoms with Gasteiger partial charge in [-0.25, -0.2) is 4.98 Å². The fourth-order valence-electron chi connectivity index (χ4n) is 12.2. The molecule has 0 spiro atoms. The van der Waals surface area contributed by atoms with Gasteiger partial charge in [-0.3, -0.25) is 8.97 Å². The SMILES string of the molecule is c1ccc2c(c1)Oc1cc(-n3c4ccccc4c4cc(-n5c6ccccc6c6ccc7c(nc8n(-c9cccc%10c9sc9ccccc9%10)c9ccccc9n78)c65)ccc43)cc3c1B2c1ccccc1O3. The zero-order valence-electron chi connectivity index (χ0n) is 37.2. The molecule has 70 heavy (non-hydrogen) atoms. The Balaban J connectivity index is 0.905. The molecule has 9 heteroatoms. The molecule has 0 aliphatic carbocycles. The Morgan fingerprint density at radius 3 is 1.77 bits per heavy atom. The lowest BCUT2D eigenvalue weighted by Gasteiger charge is -2.33. The van der Waals surface area contributed by atoms with Gasteiger partial charge < -0.3 is 18.6 Å². The molecule has 0 saturated heterocycles. The molecule has 0 fully saturated rings. The van der Waals surface area contributed by atoms with Crippen LogP contribution in [0.15, 0.2) is 206 Å². The van der Waals surface area contributed by atoms with Crippen molar-refractivity contribution in [3.8, 4) is 40.1 Å². The summed E-state index contributed by atoms with van der Waals surface area (Å²) in [5.41, 5.74) is 15.2. The summed E-state index contributed by atoms with van der Waals surface area (Å²) in [4.78, 5) is 5.73. The second-order valence-electron chi connectivity index (χ2n) is 18.6. The minimum absolute atomic E-state index is 0.0116. The molecule has 2 aliphatic heterocycles. The van der Waals surface area contributed by atoms with E-state index in [0.29, 0.717) is 0 Å². The van der Waals surface area contributed by atoms with E-state index in [0.717, 1.165) is 117 Å². The van der Waals surface area contributed by atoms with Crippen molar-refractivity contribution in [1.82, 2.24) is 23.1 Å². The van der Waals surface area contributed by atoms with Gasteiger partial charge in [0, 0.05) is 60.3 Å². The number of fused-ring (bicyclic) bond motifs is 19. The summed E-state index contributed by atoms with van der Waals surface area (Å²) in [5.74, 6) is 4.27. The van der Waals surface area contributed by atoms with E-state index in [1.54, 1.807) is 0 Å². The third-order valence-corrected chi connectivity index (χ3v) is 16.3. The number of aromatic nitrogens is 5. The van der Waals surface area contributed by atoms with E-state index in [4.69, 9.17) is 14.5 Å². The van der Waals surface area contributed by atoms with Gasteiger partial charge in [-0.2, -0.15) is 0 Å². The normalized spacial score (nSPS) is 13.1. The van der Waals surface area contributed by atoms with Gasteiger partial charge in [0.15, 0.2) is 0 Å². The Kier molecular flexibility index (Phi) is 7.05. The van der Waals surface area contributed by atoms with E-state index in [9.17, 15) is 0 Å². The van der Waals surface area contributed by atoms with Gasteiger partial charge in [0.25, 0.3) is 6.71 Å². The first kappa shape index (κ1) is 37.0. The third kappa shape index (κ3) is 4.71. The standard InChI is InChI=1S/C61H34BN5O2S/c1-7-21-46-37(14-1)40-29-31-50-58(63-61-66(50)48-22-8-9-23-49(48)67(61)51-24-13-17-41-39-16-3-12-27-56(39)70-60(41)51)59(40)65(46)35-28-30-47-42(32-35)38-15-2-6-20-45(38)64(47)36-33-54-57-55(34-36)69-53-26-11-5-19-44(53)62(57)43-18-4-10-25-52(43)68-54/h1-34H. The summed E-state index contributed by atoms with van der Waals surface area (Å²) in [6, 6.07) is 74.3. The average molecular weight is 912 g/mol. The quantitative estimate of drug-likeness (QED) is 0.166. The Morgan fingerprint density at radius 2 is 1.00 bits per heavy atom. The van der Waals surface area contributed by atoms with Gasteiger partial charge in [0.05, 0.1) is 54.7 Å². The van der Waals surface area contributed by atoms with Crippen LogP contribution in [-0.4, -0.2) is 29.8 Å². The van der Waals surface area contributed by atoms with Crippen LogP contribution < -0.4 is 25.9 Å². The van der Waals surface area contributed by atoms with Crippen molar-refractivity contribution < 1.29 is 9.47 Å². The largest absolute Gasteiger partial charge is 0.458 e. The van der Waals surface area contributed by atoms with E-state index >= 15 is 0 Å². The van der Waals surface area contributed by atoms with Crippen molar-refractivity contribution in [2.45, 2.75) is 0 Å². The molecule has 7 heterocycles. The topological polar surface area (TPSA) is 50.5 Å². The van der Waals surface area contributed by atoms with Crippen molar-refractivity contribution in [3.63, 3.8) is 0 Å². The Labute approximate surface area is 402 Å². The van der Waals surface area contributed by atoms with Gasteiger partial charge in [0.1, 0.15) is 28.5 Å². The minimum Gasteiger partial charge on any atom is -0.458 e. The van der Waals surface area contributed by atoms with Gasteiger partial charge in [0.2, 0.25) is 5.78 Å². The molecule has 0 atom stereocenters. The number of nitrogens with zero attached hydrogens (tertiary/aromatic N) is 5. The number of para-hydroxylation sites is 6. The lowest BCUT2D eigenvalue weighted by molar-refractivity contribution is 0.464. The summed E-state index contributed by atoms with van der Waals surface area (Å²) in [6.07, 6.45) is 0. The van der Waals surface area contributed by atoms with Crippen LogP contribution in [0, 0.1) is 0 Å². The Morgan fingerprint density at radius 1 is 0.400 bits per heavy atom. The van der Waals surface area contributed by atoms with Crippen LogP contribution in [0.4, 0.5) is 0 Å². The second kappa shape index (κ2) is 13.3. The van der Waals surface area contributed by atoms with E-state index in [2.05, 4.69) is 212 Å². The number of rotatable bonds is 3. The smallest absolute Gasteiger partial charge is 0.260 e. The van der Waals surface area contributed by atoms with Crippen LogP contribution in [0.1, 0.15) is 0 Å². The molecule has 10 aromatic carbocycles. The summed E-state index contributed by atoms with van der Waals surface area (Å²) in [6.45, 7) is 0.0116. The number of benzene rings is 10. The molecule has 0 bridgehead atoms. The third-order valence-electron chi connectivity index (χ3n) is 15.1. The van der Waals surface area contributed by atoms with Crippen molar-refractivity contribution in [3.05, 3.63) is 206 Å². The van der Waals surface area contributed by atoms with E-state index in [1.165, 1.54) is 30.9 Å². The number of hydrogen-bond acceptors (Lipinski definition) is 4. The summed E-state index contributed by atoms with van der Waals surface area (Å²) in [5, 5.41) is 7.21. The molecule has 0 unspecified atom stereocenters. The van der Waals surface area contributed by atoms with Crippen molar-refractivity contribution >= 4 is 126 Å². The zero-order valence-corrected chi connectivity index (χ0v) is 38.0. The van der Waals surface area contributed by atoms with Crippen LogP contribution in [0.2, 0.25) is 0 Å². The first-order chi connectivity index (χ1) is 34.7. The van der Waals surface area contributed by atoms with Crippen LogP contribution in [0.25, 0.3) is 109 Å². The van der Waals surface area contributed by atoms with Crippen LogP contribution >= 0.6 is 11.3 Å². The molecule has 7 nitrogen and oxygen atoms in total. The Hall–Kier alpha value is -9.05. The molecule has 15 aromatic rings. The molecular formula is C61H34BN5O2S. The van der Waals surface area contributed by atoms with Gasteiger partial charge >= 0.3 is 0 Å². The summed E-state index contributed by atoms with van der Waals surface area (Å²) >= 11 is 1.85. The van der Waals surface area contributed by atoms with E-state index in [1.807, 2.05) is 23.5 Å². The molecule has 0 amide bonds. The van der Waals surface area contributed by atoms with Crippen LogP contribution in [0.5, 0.6) is 23.0 Å². The summed E-state index contributed by atoms with van der Waals surface area (Å²) in [7, 11) is 0. The maximum Gasteiger partial charge on any atom is 0.260 e.